The van der Waals surface area contributed by atoms with Crippen molar-refractivity contribution in [2.45, 2.75) is 6.18 Å². The van der Waals surface area contributed by atoms with E-state index >= 15 is 0 Å². The molecule has 0 aliphatic carbocycles. The first kappa shape index (κ1) is 11.1. The number of nitrogens with two attached hydrogens (primary N) is 1. The van der Waals surface area contributed by atoms with Crippen LogP contribution in [0.2, 0.25) is 0 Å². The van der Waals surface area contributed by atoms with E-state index in [0.29, 0.717) is 0 Å². The molecule has 0 spiro atoms. The second kappa shape index (κ2) is 3.25. The maximum Gasteiger partial charge on any atom is 0.492 e. The Kier molecular flexibility index (Phi) is 3.01. The lowest BCUT2D eigenvalue weighted by Gasteiger charge is -2.05. The van der Waals surface area contributed by atoms with Gasteiger partial charge in [-0.15, -0.1) is 4.83 Å². The van der Waals surface area contributed by atoms with Gasteiger partial charge in [-0.05, 0) is 0 Å². The molecule has 6 nitrogen and oxygen atoms in total. The normalized spacial score (nSPS) is 12.7. The Labute approximate surface area is 64.7 Å². The minimum atomic E-state index is -5.37. The fourth-order valence-corrected chi connectivity index (χ4v) is 0.513. The highest BCUT2D eigenvalue weighted by atomic mass is 32.2. The molecular formula is C2H3F3N2O4S. The molecule has 0 bridgehead atoms. The molecular weight excluding hydrogens is 205 g/mol. The fourth-order valence-electron chi connectivity index (χ4n) is 0.171. The molecule has 0 saturated carbocycles. The van der Waals surface area contributed by atoms with Crippen LogP contribution in [0.25, 0.3) is 0 Å². The largest absolute Gasteiger partial charge is 0.492 e. The summed E-state index contributed by atoms with van der Waals surface area (Å²) >= 11 is 0. The molecule has 0 aromatic heterocycles. The maximum absolute atomic E-state index is 11.3. The van der Waals surface area contributed by atoms with E-state index in [4.69, 9.17) is 0 Å². The molecule has 0 aliphatic heterocycles. The van der Waals surface area contributed by atoms with E-state index in [0.717, 1.165) is 4.83 Å². The van der Waals surface area contributed by atoms with Crippen LogP contribution in [0.3, 0.4) is 0 Å². The second-order valence-electron chi connectivity index (χ2n) is 1.44. The SMILES string of the molecule is NNS(=O)(=O)OC(=O)C(F)(F)F. The van der Waals surface area contributed by atoms with Crippen LogP contribution < -0.4 is 10.7 Å². The number of halogens is 3. The topological polar surface area (TPSA) is 98.5 Å². The number of hydrazine groups is 1. The number of carbonyl (C=O) groups is 1. The Balaban J connectivity index is 4.42. The third-order valence-electron chi connectivity index (χ3n) is 0.561. The van der Waals surface area contributed by atoms with Gasteiger partial charge >= 0.3 is 22.4 Å². The molecule has 0 aliphatic rings. The van der Waals surface area contributed by atoms with Crippen LogP contribution >= 0.6 is 0 Å². The average molecular weight is 208 g/mol. The lowest BCUT2D eigenvalue weighted by Crippen LogP contribution is -2.37. The van der Waals surface area contributed by atoms with E-state index in [2.05, 4.69) is 10.0 Å². The van der Waals surface area contributed by atoms with Gasteiger partial charge in [0.1, 0.15) is 0 Å². The summed E-state index contributed by atoms with van der Waals surface area (Å²) in [4.78, 5) is 10.7. The summed E-state index contributed by atoms with van der Waals surface area (Å²) in [6.07, 6.45) is -5.37. The quantitative estimate of drug-likeness (QED) is 0.438. The number of alkyl halides is 3. The van der Waals surface area contributed by atoms with Gasteiger partial charge in [0.2, 0.25) is 0 Å². The van der Waals surface area contributed by atoms with Crippen LogP contribution in [0, 0.1) is 0 Å². The second-order valence-corrected chi connectivity index (χ2v) is 2.75. The molecule has 0 heterocycles. The van der Waals surface area contributed by atoms with E-state index in [1.54, 1.807) is 0 Å². The zero-order valence-corrected chi connectivity index (χ0v) is 6.07. The van der Waals surface area contributed by atoms with Crippen molar-refractivity contribution < 1.29 is 30.6 Å². The third kappa shape index (κ3) is 3.50. The Hall–Kier alpha value is -0.870. The van der Waals surface area contributed by atoms with Crippen molar-refractivity contribution in [3.8, 4) is 0 Å². The summed E-state index contributed by atoms with van der Waals surface area (Å²) in [5, 5.41) is 0. The molecule has 12 heavy (non-hydrogen) atoms. The van der Waals surface area contributed by atoms with Gasteiger partial charge < -0.3 is 4.18 Å². The summed E-state index contributed by atoms with van der Waals surface area (Å²) in [6.45, 7) is 0. The van der Waals surface area contributed by atoms with Crippen LogP contribution in [-0.4, -0.2) is 20.6 Å². The highest BCUT2D eigenvalue weighted by molar-refractivity contribution is 7.85. The van der Waals surface area contributed by atoms with E-state index in [1.807, 2.05) is 0 Å². The Morgan fingerprint density at radius 1 is 1.42 bits per heavy atom. The smallest absolute Gasteiger partial charge is 0.325 e. The number of nitrogens with one attached hydrogen (secondary N) is 1. The van der Waals surface area contributed by atoms with Crippen molar-refractivity contribution in [1.29, 1.82) is 0 Å². The lowest BCUT2D eigenvalue weighted by atomic mass is 10.7. The maximum atomic E-state index is 11.3. The first-order chi connectivity index (χ1) is 5.19. The molecule has 0 aromatic rings. The van der Waals surface area contributed by atoms with Crippen LogP contribution in [-0.2, 0) is 19.3 Å². The summed E-state index contributed by atoms with van der Waals surface area (Å²) in [7, 11) is -4.84. The summed E-state index contributed by atoms with van der Waals surface area (Å²) in [5.74, 6) is 1.35. The zero-order valence-electron chi connectivity index (χ0n) is 5.25. The predicted octanol–water partition coefficient (Wildman–Crippen LogP) is -1.20. The van der Waals surface area contributed by atoms with Gasteiger partial charge in [0, 0.05) is 0 Å². The monoisotopic (exact) mass is 208 g/mol. The zero-order chi connectivity index (χ0) is 9.99. The van der Waals surface area contributed by atoms with E-state index in [1.165, 1.54) is 0 Å². The Morgan fingerprint density at radius 2 is 1.83 bits per heavy atom. The van der Waals surface area contributed by atoms with Gasteiger partial charge in [0.25, 0.3) is 0 Å². The lowest BCUT2D eigenvalue weighted by molar-refractivity contribution is -0.189. The number of hydrogen-bond acceptors (Lipinski definition) is 5. The third-order valence-corrected chi connectivity index (χ3v) is 1.22. The Morgan fingerprint density at radius 3 is 2.08 bits per heavy atom. The molecule has 0 radical (unpaired) electrons. The summed E-state index contributed by atoms with van der Waals surface area (Å²) < 4.78 is 57.0. The molecule has 72 valence electrons. The molecule has 10 heteroatoms. The standard InChI is InChI=1S/C2H3F3N2O4S/c3-2(4,5)1(8)11-12(9,10)7-6/h7H,6H2. The predicted molar refractivity (Wildman–Crippen MR) is 28.4 cm³/mol. The number of carbonyl (C=O) groups excluding carboxylic acids is 1. The molecule has 0 unspecified atom stereocenters. The van der Waals surface area contributed by atoms with Crippen LogP contribution in [0.1, 0.15) is 0 Å². The Bertz CT molecular complexity index is 269. The summed E-state index contributed by atoms with van der Waals surface area (Å²) in [5.41, 5.74) is 0. The van der Waals surface area contributed by atoms with Gasteiger partial charge in [0.15, 0.2) is 0 Å². The van der Waals surface area contributed by atoms with Crippen molar-refractivity contribution in [3.63, 3.8) is 0 Å². The molecule has 0 saturated heterocycles. The van der Waals surface area contributed by atoms with Gasteiger partial charge in [-0.3, -0.25) is 5.84 Å². The first-order valence-electron chi connectivity index (χ1n) is 2.22. The van der Waals surface area contributed by atoms with E-state index in [9.17, 15) is 26.4 Å². The number of hydrogen-bond donors (Lipinski definition) is 2. The molecule has 0 aromatic carbocycles. The molecule has 0 atom stereocenters. The average Bonchev–Trinajstić information content (AvgIpc) is 1.85. The van der Waals surface area contributed by atoms with E-state index in [-0.39, 0.29) is 0 Å². The van der Waals surface area contributed by atoms with Gasteiger partial charge in [0.05, 0.1) is 0 Å². The van der Waals surface area contributed by atoms with Crippen molar-refractivity contribution in [2.75, 3.05) is 0 Å². The molecule has 0 fully saturated rings. The fraction of sp³-hybridized carbons (Fsp3) is 0.500. The van der Waals surface area contributed by atoms with Gasteiger partial charge in [-0.1, -0.05) is 0 Å². The van der Waals surface area contributed by atoms with Crippen molar-refractivity contribution in [3.05, 3.63) is 0 Å². The van der Waals surface area contributed by atoms with Crippen LogP contribution in [0.5, 0.6) is 0 Å². The van der Waals surface area contributed by atoms with E-state index < -0.39 is 22.4 Å². The molecule has 0 rings (SSSR count). The van der Waals surface area contributed by atoms with Crippen molar-refractivity contribution in [1.82, 2.24) is 4.83 Å². The first-order valence-corrected chi connectivity index (χ1v) is 3.63. The minimum Gasteiger partial charge on any atom is -0.325 e. The van der Waals surface area contributed by atoms with Gasteiger partial charge in [-0.25, -0.2) is 4.79 Å². The molecule has 0 amide bonds. The highest BCUT2D eigenvalue weighted by Gasteiger charge is 2.43. The van der Waals surface area contributed by atoms with Crippen molar-refractivity contribution >= 4 is 16.3 Å². The van der Waals surface area contributed by atoms with Crippen molar-refractivity contribution in [2.24, 2.45) is 5.84 Å². The number of rotatable bonds is 2. The summed E-state index contributed by atoms with van der Waals surface area (Å²) in [6, 6.07) is 0. The van der Waals surface area contributed by atoms with Crippen LogP contribution in [0.4, 0.5) is 13.2 Å². The highest BCUT2D eigenvalue weighted by Crippen LogP contribution is 2.17. The van der Waals surface area contributed by atoms with Gasteiger partial charge in [-0.2, -0.15) is 21.6 Å². The van der Waals surface area contributed by atoms with Crippen LogP contribution in [0.15, 0.2) is 0 Å². The molecule has 3 N–H and O–H groups in total. The minimum absolute atomic E-state index is 0.873.